The zero-order valence-corrected chi connectivity index (χ0v) is 15.4. The number of aromatic amines is 1. The van der Waals surface area contributed by atoms with E-state index in [0.29, 0.717) is 22.5 Å². The number of ether oxygens (including phenoxy) is 2. The van der Waals surface area contributed by atoms with E-state index in [4.69, 9.17) is 14.7 Å². The molecule has 0 fully saturated rings. The number of hydrogen-bond acceptors (Lipinski definition) is 6. The second kappa shape index (κ2) is 7.61. The maximum Gasteiger partial charge on any atom is 0.274 e. The van der Waals surface area contributed by atoms with Crippen LogP contribution in [0.15, 0.2) is 59.4 Å². The van der Waals surface area contributed by atoms with Crippen LogP contribution in [0.3, 0.4) is 0 Å². The summed E-state index contributed by atoms with van der Waals surface area (Å²) in [6.07, 6.45) is 0. The average Bonchev–Trinajstić information content (AvgIpc) is 2.76. The summed E-state index contributed by atoms with van der Waals surface area (Å²) in [7, 11) is 1.61. The molecule has 29 heavy (non-hydrogen) atoms. The summed E-state index contributed by atoms with van der Waals surface area (Å²) in [4.78, 5) is 30.9. The van der Waals surface area contributed by atoms with Crippen LogP contribution in [0, 0.1) is 0 Å². The van der Waals surface area contributed by atoms with Crippen LogP contribution >= 0.6 is 0 Å². The first-order valence-corrected chi connectivity index (χ1v) is 8.75. The van der Waals surface area contributed by atoms with E-state index < -0.39 is 5.91 Å². The summed E-state index contributed by atoms with van der Waals surface area (Å²) in [5, 5.41) is 11.1. The highest BCUT2D eigenvalue weighted by molar-refractivity contribution is 5.96. The maximum absolute atomic E-state index is 12.3. The number of hydrogen-bond donors (Lipinski definition) is 3. The van der Waals surface area contributed by atoms with Crippen molar-refractivity contribution in [3.63, 3.8) is 0 Å². The van der Waals surface area contributed by atoms with Crippen LogP contribution in [0.25, 0.3) is 21.7 Å². The van der Waals surface area contributed by atoms with Crippen molar-refractivity contribution < 1.29 is 19.5 Å². The second-order valence-corrected chi connectivity index (χ2v) is 6.35. The molecule has 0 saturated heterocycles. The van der Waals surface area contributed by atoms with Gasteiger partial charge in [0.05, 0.1) is 18.0 Å². The first kappa shape index (κ1) is 18.5. The highest BCUT2D eigenvalue weighted by Crippen LogP contribution is 2.25. The number of fused-ring (bicyclic) bond motifs is 2. The molecule has 1 heterocycles. The summed E-state index contributed by atoms with van der Waals surface area (Å²) in [6.45, 7) is 0.0388. The lowest BCUT2D eigenvalue weighted by Gasteiger charge is -2.09. The number of H-pyrrole nitrogens is 1. The molecule has 146 valence electrons. The van der Waals surface area contributed by atoms with Gasteiger partial charge in [-0.1, -0.05) is 12.1 Å². The van der Waals surface area contributed by atoms with Gasteiger partial charge in [-0.3, -0.25) is 14.8 Å². The molecule has 0 bridgehead atoms. The summed E-state index contributed by atoms with van der Waals surface area (Å²) in [5.41, 5.74) is 1.74. The molecule has 0 atom stereocenters. The van der Waals surface area contributed by atoms with Gasteiger partial charge in [0, 0.05) is 5.56 Å². The van der Waals surface area contributed by atoms with Crippen molar-refractivity contribution in [2.75, 3.05) is 7.11 Å². The van der Waals surface area contributed by atoms with Crippen LogP contribution in [0.4, 0.5) is 0 Å². The monoisotopic (exact) mass is 391 g/mol. The van der Waals surface area contributed by atoms with Crippen molar-refractivity contribution in [3.05, 3.63) is 76.3 Å². The summed E-state index contributed by atoms with van der Waals surface area (Å²) in [6, 6.07) is 15.7. The lowest BCUT2D eigenvalue weighted by molar-refractivity contribution is 0.0706. The predicted octanol–water partition coefficient (Wildman–Crippen LogP) is 2.78. The van der Waals surface area contributed by atoms with Crippen molar-refractivity contribution >= 4 is 27.6 Å². The molecular formula is C21H17N3O5. The molecular weight excluding hydrogens is 374 g/mol. The van der Waals surface area contributed by atoms with Crippen molar-refractivity contribution in [1.29, 1.82) is 0 Å². The van der Waals surface area contributed by atoms with E-state index in [2.05, 4.69) is 9.97 Å². The highest BCUT2D eigenvalue weighted by atomic mass is 16.5. The van der Waals surface area contributed by atoms with E-state index >= 15 is 0 Å². The Balaban J connectivity index is 1.61. The quantitative estimate of drug-likeness (QED) is 0.356. The average molecular weight is 391 g/mol. The van der Waals surface area contributed by atoms with Gasteiger partial charge in [-0.2, -0.15) is 0 Å². The zero-order valence-electron chi connectivity index (χ0n) is 15.4. The number of rotatable bonds is 5. The Labute approximate surface area is 164 Å². The van der Waals surface area contributed by atoms with Gasteiger partial charge in [0.15, 0.2) is 0 Å². The number of aromatic nitrogens is 2. The molecule has 4 rings (SSSR count). The smallest absolute Gasteiger partial charge is 0.274 e. The molecule has 8 nitrogen and oxygen atoms in total. The van der Waals surface area contributed by atoms with Crippen LogP contribution in [-0.4, -0.2) is 28.2 Å². The molecule has 0 unspecified atom stereocenters. The summed E-state index contributed by atoms with van der Waals surface area (Å²) < 4.78 is 11.0. The topological polar surface area (TPSA) is 114 Å². The van der Waals surface area contributed by atoms with Crippen LogP contribution in [0.1, 0.15) is 16.2 Å². The molecule has 0 radical (unpaired) electrons. The number of amides is 1. The molecule has 1 aromatic heterocycles. The predicted molar refractivity (Wildman–Crippen MR) is 106 cm³/mol. The van der Waals surface area contributed by atoms with Gasteiger partial charge in [-0.05, 0) is 53.2 Å². The Morgan fingerprint density at radius 3 is 2.59 bits per heavy atom. The molecule has 0 aliphatic carbocycles. The third-order valence-electron chi connectivity index (χ3n) is 4.51. The van der Waals surface area contributed by atoms with Crippen LogP contribution < -0.4 is 20.5 Å². The molecule has 4 aromatic rings. The highest BCUT2D eigenvalue weighted by Gasteiger charge is 2.10. The van der Waals surface area contributed by atoms with Crippen molar-refractivity contribution in [2.45, 2.75) is 6.61 Å². The van der Waals surface area contributed by atoms with E-state index in [-0.39, 0.29) is 17.7 Å². The number of hydroxylamine groups is 1. The molecule has 0 spiro atoms. The minimum absolute atomic E-state index is 0.0388. The van der Waals surface area contributed by atoms with Crippen LogP contribution in [0.2, 0.25) is 0 Å². The Bertz CT molecular complexity index is 1280. The molecule has 0 saturated carbocycles. The van der Waals surface area contributed by atoms with Gasteiger partial charge in [-0.25, -0.2) is 10.5 Å². The Kier molecular flexibility index (Phi) is 4.84. The molecule has 0 aliphatic heterocycles. The van der Waals surface area contributed by atoms with E-state index in [1.165, 1.54) is 18.2 Å². The third-order valence-corrected chi connectivity index (χ3v) is 4.51. The van der Waals surface area contributed by atoms with Gasteiger partial charge in [-0.15, -0.1) is 0 Å². The van der Waals surface area contributed by atoms with E-state index in [1.54, 1.807) is 12.6 Å². The maximum atomic E-state index is 12.3. The number of benzene rings is 3. The van der Waals surface area contributed by atoms with Crippen molar-refractivity contribution in [2.24, 2.45) is 0 Å². The lowest BCUT2D eigenvalue weighted by Crippen LogP contribution is -2.19. The number of carbonyl (C=O) groups is 1. The largest absolute Gasteiger partial charge is 0.497 e. The molecule has 3 N–H and O–H groups in total. The second-order valence-electron chi connectivity index (χ2n) is 6.35. The fourth-order valence-corrected chi connectivity index (χ4v) is 3.03. The fraction of sp³-hybridized carbons (Fsp3) is 0.0952. The minimum Gasteiger partial charge on any atom is -0.497 e. The molecule has 0 aliphatic rings. The third kappa shape index (κ3) is 3.74. The Morgan fingerprint density at radius 1 is 1.07 bits per heavy atom. The lowest BCUT2D eigenvalue weighted by atomic mass is 10.1. The van der Waals surface area contributed by atoms with E-state index in [9.17, 15) is 9.59 Å². The number of methoxy groups -OCH3 is 1. The van der Waals surface area contributed by atoms with Gasteiger partial charge < -0.3 is 14.5 Å². The van der Waals surface area contributed by atoms with Gasteiger partial charge in [0.1, 0.15) is 23.9 Å². The minimum atomic E-state index is -0.682. The van der Waals surface area contributed by atoms with E-state index in [0.717, 1.165) is 16.5 Å². The summed E-state index contributed by atoms with van der Waals surface area (Å²) in [5.74, 6) is 0.993. The SMILES string of the molecule is COc1ccc2ccc(OCc3nc4cc(C(=O)NO)ccc4c(=O)[nH]3)cc2c1. The fourth-order valence-electron chi connectivity index (χ4n) is 3.03. The molecule has 1 amide bonds. The summed E-state index contributed by atoms with van der Waals surface area (Å²) >= 11 is 0. The molecule has 8 heteroatoms. The first-order valence-electron chi connectivity index (χ1n) is 8.75. The van der Waals surface area contributed by atoms with E-state index in [1.807, 2.05) is 36.4 Å². The standard InChI is InChI=1S/C21H17N3O5/c1-28-15-5-2-12-3-6-16(9-14(12)8-15)29-11-19-22-18-10-13(20(25)24-27)4-7-17(18)21(26)23-19/h2-10,27H,11H2,1H3,(H,24,25)(H,22,23,26). The Hall–Kier alpha value is -3.91. The van der Waals surface area contributed by atoms with Gasteiger partial charge in [0.25, 0.3) is 11.5 Å². The normalized spacial score (nSPS) is 10.8. The van der Waals surface area contributed by atoms with Crippen molar-refractivity contribution in [3.8, 4) is 11.5 Å². The van der Waals surface area contributed by atoms with Crippen LogP contribution in [0.5, 0.6) is 11.5 Å². The van der Waals surface area contributed by atoms with Gasteiger partial charge in [0.2, 0.25) is 0 Å². The Morgan fingerprint density at radius 2 is 1.83 bits per heavy atom. The van der Waals surface area contributed by atoms with Crippen LogP contribution in [-0.2, 0) is 6.61 Å². The zero-order chi connectivity index (χ0) is 20.4. The van der Waals surface area contributed by atoms with Gasteiger partial charge >= 0.3 is 0 Å². The van der Waals surface area contributed by atoms with Crippen molar-refractivity contribution in [1.82, 2.24) is 15.4 Å². The first-order chi connectivity index (χ1) is 14.1. The number of carbonyl (C=O) groups excluding carboxylic acids is 1. The number of nitrogens with zero attached hydrogens (tertiary/aromatic N) is 1. The number of nitrogens with one attached hydrogen (secondary N) is 2. The molecule has 3 aromatic carbocycles.